The highest BCUT2D eigenvalue weighted by Gasteiger charge is 2.37. The summed E-state index contributed by atoms with van der Waals surface area (Å²) in [4.78, 5) is 15.9. The number of carbonyl (C=O) groups is 1. The van der Waals surface area contributed by atoms with E-state index in [0.29, 0.717) is 19.7 Å². The van der Waals surface area contributed by atoms with Gasteiger partial charge >= 0.3 is 6.09 Å². The summed E-state index contributed by atoms with van der Waals surface area (Å²) in [6, 6.07) is 9.90. The second-order valence-corrected chi connectivity index (χ2v) is 5.25. The third kappa shape index (κ3) is 3.49. The third-order valence-electron chi connectivity index (χ3n) is 3.67. The van der Waals surface area contributed by atoms with E-state index in [1.54, 1.807) is 12.0 Å². The van der Waals surface area contributed by atoms with E-state index in [2.05, 4.69) is 4.90 Å². The molecule has 1 aliphatic rings. The van der Waals surface area contributed by atoms with Crippen molar-refractivity contribution < 1.29 is 14.3 Å². The molecule has 0 bridgehead atoms. The molecular formula is C15H22N2O3. The molecule has 0 unspecified atom stereocenters. The Morgan fingerprint density at radius 3 is 2.55 bits per heavy atom. The molecule has 5 nitrogen and oxygen atoms in total. The number of methoxy groups -OCH3 is 1. The first-order valence-corrected chi connectivity index (χ1v) is 6.76. The van der Waals surface area contributed by atoms with Crippen molar-refractivity contribution in [3.8, 4) is 0 Å². The molecular weight excluding hydrogens is 256 g/mol. The summed E-state index contributed by atoms with van der Waals surface area (Å²) < 4.78 is 10.8. The van der Waals surface area contributed by atoms with Gasteiger partial charge in [0.25, 0.3) is 0 Å². The summed E-state index contributed by atoms with van der Waals surface area (Å²) in [5.74, 6) is 0. The molecule has 1 amide bonds. The van der Waals surface area contributed by atoms with Gasteiger partial charge in [-0.1, -0.05) is 30.3 Å². The molecule has 0 saturated carbocycles. The monoisotopic (exact) mass is 278 g/mol. The normalized spacial score (nSPS) is 22.3. The fraction of sp³-hybridized carbons (Fsp3) is 0.533. The van der Waals surface area contributed by atoms with E-state index in [-0.39, 0.29) is 18.2 Å². The molecule has 0 aliphatic carbocycles. The Kier molecular flexibility index (Phi) is 4.98. The molecule has 1 heterocycles. The van der Waals surface area contributed by atoms with Gasteiger partial charge in [-0.25, -0.2) is 4.79 Å². The first kappa shape index (κ1) is 14.8. The smallest absolute Gasteiger partial charge is 0.410 e. The predicted octanol–water partition coefficient (Wildman–Crippen LogP) is 1.58. The van der Waals surface area contributed by atoms with E-state index < -0.39 is 0 Å². The van der Waals surface area contributed by atoms with Crippen molar-refractivity contribution in [1.82, 2.24) is 9.80 Å². The van der Waals surface area contributed by atoms with Crippen molar-refractivity contribution in [1.29, 1.82) is 0 Å². The molecule has 1 saturated heterocycles. The van der Waals surface area contributed by atoms with Crippen LogP contribution in [0.1, 0.15) is 5.56 Å². The zero-order valence-electron chi connectivity index (χ0n) is 12.3. The van der Waals surface area contributed by atoms with Gasteiger partial charge in [0.2, 0.25) is 0 Å². The van der Waals surface area contributed by atoms with Crippen molar-refractivity contribution in [2.45, 2.75) is 18.8 Å². The number of amides is 1. The molecule has 1 fully saturated rings. The minimum atomic E-state index is -0.278. The van der Waals surface area contributed by atoms with Crippen molar-refractivity contribution in [3.05, 3.63) is 35.9 Å². The average Bonchev–Trinajstić information content (AvgIpc) is 2.90. The maximum Gasteiger partial charge on any atom is 0.410 e. The van der Waals surface area contributed by atoms with Gasteiger partial charge < -0.3 is 19.3 Å². The fourth-order valence-corrected chi connectivity index (χ4v) is 2.44. The first-order valence-electron chi connectivity index (χ1n) is 6.76. The zero-order valence-corrected chi connectivity index (χ0v) is 12.3. The Morgan fingerprint density at radius 2 is 2.00 bits per heavy atom. The molecule has 1 aromatic rings. The van der Waals surface area contributed by atoms with Gasteiger partial charge in [-0.15, -0.1) is 0 Å². The van der Waals surface area contributed by atoms with E-state index >= 15 is 0 Å². The highest BCUT2D eigenvalue weighted by molar-refractivity contribution is 5.68. The zero-order chi connectivity index (χ0) is 14.5. The molecule has 5 heteroatoms. The van der Waals surface area contributed by atoms with Crippen LogP contribution in [-0.4, -0.2) is 62.3 Å². The molecule has 0 spiro atoms. The molecule has 1 aliphatic heterocycles. The lowest BCUT2D eigenvalue weighted by Gasteiger charge is -2.23. The lowest BCUT2D eigenvalue weighted by atomic mass is 10.2. The number of carbonyl (C=O) groups excluding carboxylic acids is 1. The Morgan fingerprint density at radius 1 is 1.30 bits per heavy atom. The summed E-state index contributed by atoms with van der Waals surface area (Å²) in [5, 5.41) is 0. The van der Waals surface area contributed by atoms with E-state index in [9.17, 15) is 4.79 Å². The summed E-state index contributed by atoms with van der Waals surface area (Å²) >= 11 is 0. The van der Waals surface area contributed by atoms with Gasteiger partial charge in [0, 0.05) is 13.7 Å². The summed E-state index contributed by atoms with van der Waals surface area (Å²) in [5.41, 5.74) is 0.993. The molecule has 0 aromatic heterocycles. The Labute approximate surface area is 120 Å². The van der Waals surface area contributed by atoms with Crippen LogP contribution in [0.3, 0.4) is 0 Å². The lowest BCUT2D eigenvalue weighted by Crippen LogP contribution is -2.39. The molecule has 0 radical (unpaired) electrons. The van der Waals surface area contributed by atoms with Crippen LogP contribution in [0.4, 0.5) is 4.79 Å². The summed E-state index contributed by atoms with van der Waals surface area (Å²) in [6.45, 7) is 1.52. The van der Waals surface area contributed by atoms with Crippen LogP contribution < -0.4 is 0 Å². The van der Waals surface area contributed by atoms with E-state index in [1.807, 2.05) is 44.4 Å². The number of likely N-dealkylation sites (tertiary alicyclic amines) is 1. The van der Waals surface area contributed by atoms with E-state index in [1.165, 1.54) is 0 Å². The highest BCUT2D eigenvalue weighted by atomic mass is 16.6. The van der Waals surface area contributed by atoms with Crippen LogP contribution in [0, 0.1) is 0 Å². The topological polar surface area (TPSA) is 42.0 Å². The molecule has 0 N–H and O–H groups in total. The molecule has 2 atom stereocenters. The van der Waals surface area contributed by atoms with Gasteiger partial charge in [0.1, 0.15) is 6.61 Å². The second kappa shape index (κ2) is 6.72. The maximum absolute atomic E-state index is 12.1. The quantitative estimate of drug-likeness (QED) is 0.838. The average molecular weight is 278 g/mol. The lowest BCUT2D eigenvalue weighted by molar-refractivity contribution is 0.0594. The number of nitrogens with zero attached hydrogens (tertiary/aromatic N) is 2. The predicted molar refractivity (Wildman–Crippen MR) is 76.5 cm³/mol. The van der Waals surface area contributed by atoms with Crippen LogP contribution in [0.2, 0.25) is 0 Å². The fourth-order valence-electron chi connectivity index (χ4n) is 2.44. The second-order valence-electron chi connectivity index (χ2n) is 5.25. The summed E-state index contributed by atoms with van der Waals surface area (Å²) in [7, 11) is 5.67. The Balaban J connectivity index is 1.87. The SMILES string of the molecule is CO[C@@H]1CN(C(=O)OCc2ccccc2)C[C@H]1N(C)C. The number of rotatable bonds is 4. The van der Waals surface area contributed by atoms with Gasteiger partial charge in [0.05, 0.1) is 18.7 Å². The number of ether oxygens (including phenoxy) is 2. The number of hydrogen-bond donors (Lipinski definition) is 0. The van der Waals surface area contributed by atoms with Crippen molar-refractivity contribution in [2.24, 2.45) is 0 Å². The molecule has 20 heavy (non-hydrogen) atoms. The standard InChI is InChI=1S/C15H22N2O3/c1-16(2)13-9-17(10-14(13)19-3)15(18)20-11-12-7-5-4-6-8-12/h4-8,13-14H,9-11H2,1-3H3/t13-,14-/m1/s1. The van der Waals surface area contributed by atoms with Crippen LogP contribution in [-0.2, 0) is 16.1 Å². The van der Waals surface area contributed by atoms with Gasteiger partial charge in [-0.3, -0.25) is 0 Å². The maximum atomic E-state index is 12.1. The number of hydrogen-bond acceptors (Lipinski definition) is 4. The number of benzene rings is 1. The van der Waals surface area contributed by atoms with Crippen molar-refractivity contribution in [2.75, 3.05) is 34.3 Å². The van der Waals surface area contributed by atoms with Crippen LogP contribution in [0.25, 0.3) is 0 Å². The molecule has 1 aromatic carbocycles. The van der Waals surface area contributed by atoms with Gasteiger partial charge in [-0.2, -0.15) is 0 Å². The minimum absolute atomic E-state index is 0.0364. The Bertz CT molecular complexity index is 436. The first-order chi connectivity index (χ1) is 9.61. The molecule has 110 valence electrons. The van der Waals surface area contributed by atoms with Crippen LogP contribution in [0.5, 0.6) is 0 Å². The number of likely N-dealkylation sites (N-methyl/N-ethyl adjacent to an activating group) is 1. The van der Waals surface area contributed by atoms with Crippen molar-refractivity contribution >= 4 is 6.09 Å². The Hall–Kier alpha value is -1.59. The largest absolute Gasteiger partial charge is 0.445 e. The highest BCUT2D eigenvalue weighted by Crippen LogP contribution is 2.18. The van der Waals surface area contributed by atoms with Crippen molar-refractivity contribution in [3.63, 3.8) is 0 Å². The van der Waals surface area contributed by atoms with Gasteiger partial charge in [-0.05, 0) is 19.7 Å². The third-order valence-corrected chi connectivity index (χ3v) is 3.67. The van der Waals surface area contributed by atoms with Crippen LogP contribution in [0.15, 0.2) is 30.3 Å². The summed E-state index contributed by atoms with van der Waals surface area (Å²) in [6.07, 6.45) is -0.241. The van der Waals surface area contributed by atoms with Crippen LogP contribution >= 0.6 is 0 Å². The molecule has 2 rings (SSSR count). The minimum Gasteiger partial charge on any atom is -0.445 e. The van der Waals surface area contributed by atoms with E-state index in [4.69, 9.17) is 9.47 Å². The van der Waals surface area contributed by atoms with Gasteiger partial charge in [0.15, 0.2) is 0 Å². The van der Waals surface area contributed by atoms with E-state index in [0.717, 1.165) is 5.56 Å².